The van der Waals surface area contributed by atoms with Gasteiger partial charge in [0.25, 0.3) is 0 Å². The summed E-state index contributed by atoms with van der Waals surface area (Å²) in [5, 5.41) is 10.2. The van der Waals surface area contributed by atoms with E-state index in [0.717, 1.165) is 10.5 Å². The predicted molar refractivity (Wildman–Crippen MR) is 75.7 cm³/mol. The molecule has 0 saturated carbocycles. The quantitative estimate of drug-likeness (QED) is 0.909. The lowest BCUT2D eigenvalue weighted by Gasteiger charge is -2.15. The molecule has 0 aliphatic heterocycles. The molecule has 0 aliphatic carbocycles. The lowest BCUT2D eigenvalue weighted by Crippen LogP contribution is -2.05. The third-order valence-corrected chi connectivity index (χ3v) is 3.48. The van der Waals surface area contributed by atoms with Crippen molar-refractivity contribution in [3.63, 3.8) is 0 Å². The van der Waals surface area contributed by atoms with E-state index < -0.39 is 17.7 Å². The van der Waals surface area contributed by atoms with Gasteiger partial charge in [0.1, 0.15) is 17.4 Å². The van der Waals surface area contributed by atoms with Crippen LogP contribution in [0.25, 0.3) is 0 Å². The summed E-state index contributed by atoms with van der Waals surface area (Å²) in [6.07, 6.45) is -0.887. The minimum atomic E-state index is -0.932. The topological polar surface area (TPSA) is 29.5 Å². The molecule has 106 valence electrons. The van der Waals surface area contributed by atoms with E-state index in [1.807, 2.05) is 0 Å². The lowest BCUT2D eigenvalue weighted by molar-refractivity contribution is 0.172. The molecule has 2 rings (SSSR count). The third kappa shape index (κ3) is 3.35. The van der Waals surface area contributed by atoms with Gasteiger partial charge in [0.05, 0.1) is 13.2 Å². The SMILES string of the molecule is COc1cc(Br)ccc1C(O)Cc1ccc(F)cc1F. The number of halogens is 3. The number of methoxy groups -OCH3 is 1. The van der Waals surface area contributed by atoms with E-state index in [-0.39, 0.29) is 12.0 Å². The Hall–Kier alpha value is -1.46. The second kappa shape index (κ2) is 6.33. The minimum absolute atomic E-state index is 0.0457. The van der Waals surface area contributed by atoms with Crippen LogP contribution in [0.3, 0.4) is 0 Å². The first-order valence-corrected chi connectivity index (χ1v) is 6.76. The summed E-state index contributed by atoms with van der Waals surface area (Å²) in [6, 6.07) is 8.50. The zero-order valence-electron chi connectivity index (χ0n) is 10.7. The summed E-state index contributed by atoms with van der Waals surface area (Å²) in [5.74, 6) is -0.795. The standard InChI is InChI=1S/C15H13BrF2O2/c1-20-15-7-10(16)3-5-12(15)14(19)6-9-2-4-11(17)8-13(9)18/h2-5,7-8,14,19H,6H2,1H3. The van der Waals surface area contributed by atoms with E-state index in [2.05, 4.69) is 15.9 Å². The minimum Gasteiger partial charge on any atom is -0.496 e. The highest BCUT2D eigenvalue weighted by molar-refractivity contribution is 9.10. The largest absolute Gasteiger partial charge is 0.496 e. The molecule has 0 heterocycles. The molecule has 0 aromatic heterocycles. The van der Waals surface area contributed by atoms with Gasteiger partial charge < -0.3 is 9.84 Å². The van der Waals surface area contributed by atoms with E-state index in [1.54, 1.807) is 18.2 Å². The fourth-order valence-electron chi connectivity index (χ4n) is 1.97. The molecule has 5 heteroatoms. The van der Waals surface area contributed by atoms with Crippen molar-refractivity contribution < 1.29 is 18.6 Å². The average Bonchev–Trinajstić information content (AvgIpc) is 2.41. The average molecular weight is 343 g/mol. The maximum Gasteiger partial charge on any atom is 0.129 e. The highest BCUT2D eigenvalue weighted by Gasteiger charge is 2.16. The number of aliphatic hydroxyl groups excluding tert-OH is 1. The summed E-state index contributed by atoms with van der Waals surface area (Å²) in [6.45, 7) is 0. The van der Waals surface area contributed by atoms with Gasteiger partial charge in [-0.3, -0.25) is 0 Å². The van der Waals surface area contributed by atoms with Crippen molar-refractivity contribution in [2.75, 3.05) is 7.11 Å². The molecule has 2 aromatic carbocycles. The van der Waals surface area contributed by atoms with Crippen LogP contribution in [0.15, 0.2) is 40.9 Å². The van der Waals surface area contributed by atoms with E-state index in [0.29, 0.717) is 11.3 Å². The summed E-state index contributed by atoms with van der Waals surface area (Å²) < 4.78 is 32.4. The van der Waals surface area contributed by atoms with Crippen molar-refractivity contribution in [3.05, 3.63) is 63.6 Å². The number of aliphatic hydroxyl groups is 1. The van der Waals surface area contributed by atoms with Crippen LogP contribution in [0.2, 0.25) is 0 Å². The second-order valence-electron chi connectivity index (χ2n) is 4.34. The maximum absolute atomic E-state index is 13.6. The highest BCUT2D eigenvalue weighted by atomic mass is 79.9. The fraction of sp³-hybridized carbons (Fsp3) is 0.200. The number of rotatable bonds is 4. The van der Waals surface area contributed by atoms with Crippen LogP contribution < -0.4 is 4.74 Å². The van der Waals surface area contributed by atoms with Gasteiger partial charge in [-0.15, -0.1) is 0 Å². The summed E-state index contributed by atoms with van der Waals surface area (Å²) in [5.41, 5.74) is 0.809. The van der Waals surface area contributed by atoms with Gasteiger partial charge in [0, 0.05) is 22.5 Å². The number of hydrogen-bond donors (Lipinski definition) is 1. The maximum atomic E-state index is 13.6. The van der Waals surface area contributed by atoms with Gasteiger partial charge in [-0.2, -0.15) is 0 Å². The zero-order valence-corrected chi connectivity index (χ0v) is 12.3. The summed E-state index contributed by atoms with van der Waals surface area (Å²) >= 11 is 3.31. The van der Waals surface area contributed by atoms with Crippen LogP contribution in [0.5, 0.6) is 5.75 Å². The second-order valence-corrected chi connectivity index (χ2v) is 5.26. The third-order valence-electron chi connectivity index (χ3n) is 2.98. The van der Waals surface area contributed by atoms with Gasteiger partial charge >= 0.3 is 0 Å². The zero-order chi connectivity index (χ0) is 14.7. The van der Waals surface area contributed by atoms with Crippen molar-refractivity contribution in [1.82, 2.24) is 0 Å². The molecular formula is C15H13BrF2O2. The normalized spacial score (nSPS) is 12.2. The van der Waals surface area contributed by atoms with E-state index >= 15 is 0 Å². The predicted octanol–water partition coefficient (Wildman–Crippen LogP) is 4.01. The van der Waals surface area contributed by atoms with Crippen molar-refractivity contribution in [2.45, 2.75) is 12.5 Å². The van der Waals surface area contributed by atoms with Crippen LogP contribution >= 0.6 is 15.9 Å². The van der Waals surface area contributed by atoms with Crippen molar-refractivity contribution >= 4 is 15.9 Å². The lowest BCUT2D eigenvalue weighted by atomic mass is 10.0. The Balaban J connectivity index is 2.25. The Morgan fingerprint density at radius 1 is 1.20 bits per heavy atom. The molecule has 0 radical (unpaired) electrons. The molecule has 2 nitrogen and oxygen atoms in total. The van der Waals surface area contributed by atoms with E-state index in [4.69, 9.17) is 4.74 Å². The van der Waals surface area contributed by atoms with Gasteiger partial charge in [-0.25, -0.2) is 8.78 Å². The molecule has 20 heavy (non-hydrogen) atoms. The van der Waals surface area contributed by atoms with Crippen molar-refractivity contribution in [2.24, 2.45) is 0 Å². The Morgan fingerprint density at radius 3 is 2.60 bits per heavy atom. The molecular weight excluding hydrogens is 330 g/mol. The molecule has 0 spiro atoms. The summed E-state index contributed by atoms with van der Waals surface area (Å²) in [7, 11) is 1.50. The Kier molecular flexibility index (Phi) is 4.73. The Bertz CT molecular complexity index is 617. The first-order valence-electron chi connectivity index (χ1n) is 5.96. The van der Waals surface area contributed by atoms with Crippen LogP contribution in [0.1, 0.15) is 17.2 Å². The van der Waals surface area contributed by atoms with Crippen LogP contribution in [-0.2, 0) is 6.42 Å². The van der Waals surface area contributed by atoms with Gasteiger partial charge in [-0.1, -0.05) is 28.1 Å². The van der Waals surface area contributed by atoms with Crippen molar-refractivity contribution in [3.8, 4) is 5.75 Å². The molecule has 0 aliphatic rings. The molecule has 1 unspecified atom stereocenters. The van der Waals surface area contributed by atoms with Gasteiger partial charge in [0.15, 0.2) is 0 Å². The van der Waals surface area contributed by atoms with Crippen molar-refractivity contribution in [1.29, 1.82) is 0 Å². The number of ether oxygens (including phenoxy) is 1. The number of hydrogen-bond acceptors (Lipinski definition) is 2. The smallest absolute Gasteiger partial charge is 0.129 e. The Labute approximate surface area is 124 Å². The monoisotopic (exact) mass is 342 g/mol. The van der Waals surface area contributed by atoms with E-state index in [1.165, 1.54) is 19.2 Å². The summed E-state index contributed by atoms with van der Waals surface area (Å²) in [4.78, 5) is 0. The molecule has 2 aromatic rings. The van der Waals surface area contributed by atoms with Gasteiger partial charge in [-0.05, 0) is 23.8 Å². The highest BCUT2D eigenvalue weighted by Crippen LogP contribution is 2.30. The van der Waals surface area contributed by atoms with E-state index in [9.17, 15) is 13.9 Å². The molecule has 1 atom stereocenters. The molecule has 0 saturated heterocycles. The number of benzene rings is 2. The fourth-order valence-corrected chi connectivity index (χ4v) is 2.31. The van der Waals surface area contributed by atoms with Gasteiger partial charge in [0.2, 0.25) is 0 Å². The Morgan fingerprint density at radius 2 is 1.95 bits per heavy atom. The first kappa shape index (κ1) is 14.9. The first-order chi connectivity index (χ1) is 9.51. The van der Waals surface area contributed by atoms with Crippen LogP contribution in [0.4, 0.5) is 8.78 Å². The molecule has 0 amide bonds. The van der Waals surface area contributed by atoms with Crippen LogP contribution in [0, 0.1) is 11.6 Å². The van der Waals surface area contributed by atoms with Crippen LogP contribution in [-0.4, -0.2) is 12.2 Å². The molecule has 0 fully saturated rings. The molecule has 1 N–H and O–H groups in total. The molecule has 0 bridgehead atoms.